The van der Waals surface area contributed by atoms with Crippen molar-refractivity contribution in [3.8, 4) is 11.5 Å². The predicted octanol–water partition coefficient (Wildman–Crippen LogP) is 4.44. The predicted molar refractivity (Wildman–Crippen MR) is 98.0 cm³/mol. The van der Waals surface area contributed by atoms with Crippen LogP contribution in [0.25, 0.3) is 11.5 Å². The van der Waals surface area contributed by atoms with E-state index in [9.17, 15) is 18.0 Å². The summed E-state index contributed by atoms with van der Waals surface area (Å²) < 4.78 is 44.7. The van der Waals surface area contributed by atoms with Gasteiger partial charge in [-0.2, -0.15) is 13.2 Å². The summed E-state index contributed by atoms with van der Waals surface area (Å²) in [6.45, 7) is 0.555. The van der Waals surface area contributed by atoms with Gasteiger partial charge in [0, 0.05) is 12.2 Å². The number of nitrogens with zero attached hydrogens (tertiary/aromatic N) is 3. The molecule has 0 fully saturated rings. The zero-order valence-corrected chi connectivity index (χ0v) is 15.3. The molecule has 0 bridgehead atoms. The summed E-state index contributed by atoms with van der Waals surface area (Å²) >= 11 is 0.877. The van der Waals surface area contributed by atoms with Crippen LogP contribution < -0.4 is 4.90 Å². The van der Waals surface area contributed by atoms with Crippen LogP contribution in [0.4, 0.5) is 18.9 Å². The Hall–Kier alpha value is -2.81. The molecule has 0 unspecified atom stereocenters. The number of rotatable bonds is 4. The standard InChI is InChI=1S/C19H14F3N3O2S/c20-19(21,22)16-10-13(15-6-3-9-27-15)23-18(24-16)28-11-17(26)25-8-7-12-4-1-2-5-14(12)25/h1-6,9-10H,7-8,11H2. The first-order valence-corrected chi connectivity index (χ1v) is 9.41. The Morgan fingerprint density at radius 1 is 1.18 bits per heavy atom. The van der Waals surface area contributed by atoms with Crippen LogP contribution in [-0.4, -0.2) is 28.2 Å². The third-order valence-electron chi connectivity index (χ3n) is 4.28. The smallest absolute Gasteiger partial charge is 0.433 e. The van der Waals surface area contributed by atoms with Crippen molar-refractivity contribution in [1.29, 1.82) is 0 Å². The molecule has 0 spiro atoms. The van der Waals surface area contributed by atoms with Crippen molar-refractivity contribution < 1.29 is 22.4 Å². The maximum Gasteiger partial charge on any atom is 0.433 e. The fourth-order valence-corrected chi connectivity index (χ4v) is 3.72. The number of furan rings is 1. The summed E-state index contributed by atoms with van der Waals surface area (Å²) in [6.07, 6.45) is -2.52. The monoisotopic (exact) mass is 405 g/mol. The Kier molecular flexibility index (Phi) is 4.84. The van der Waals surface area contributed by atoms with Crippen molar-refractivity contribution in [3.05, 3.63) is 60.0 Å². The van der Waals surface area contributed by atoms with Crippen LogP contribution in [0.3, 0.4) is 0 Å². The van der Waals surface area contributed by atoms with Gasteiger partial charge in [0.25, 0.3) is 0 Å². The molecule has 5 nitrogen and oxygen atoms in total. The number of carbonyl (C=O) groups excluding carboxylic acids is 1. The molecule has 0 N–H and O–H groups in total. The molecule has 0 saturated heterocycles. The minimum absolute atomic E-state index is 0.0220. The van der Waals surface area contributed by atoms with E-state index in [1.807, 2.05) is 24.3 Å². The number of amides is 1. The molecule has 2 aromatic heterocycles. The highest BCUT2D eigenvalue weighted by Gasteiger charge is 2.34. The number of benzene rings is 1. The van der Waals surface area contributed by atoms with Crippen LogP contribution in [0.15, 0.2) is 58.3 Å². The minimum Gasteiger partial charge on any atom is -0.463 e. The SMILES string of the molecule is O=C(CSc1nc(-c2ccco2)cc(C(F)(F)F)n1)N1CCc2ccccc21. The first-order chi connectivity index (χ1) is 13.4. The number of thioether (sulfide) groups is 1. The molecule has 0 saturated carbocycles. The van der Waals surface area contributed by atoms with E-state index in [4.69, 9.17) is 4.42 Å². The molecule has 9 heteroatoms. The lowest BCUT2D eigenvalue weighted by atomic mass is 10.2. The van der Waals surface area contributed by atoms with Crippen molar-refractivity contribution in [1.82, 2.24) is 9.97 Å². The lowest BCUT2D eigenvalue weighted by Crippen LogP contribution is -2.30. The average molecular weight is 405 g/mol. The lowest BCUT2D eigenvalue weighted by Gasteiger charge is -2.17. The molecule has 1 aromatic carbocycles. The van der Waals surface area contributed by atoms with E-state index in [-0.39, 0.29) is 28.3 Å². The Labute approximate surface area is 162 Å². The van der Waals surface area contributed by atoms with Gasteiger partial charge < -0.3 is 9.32 Å². The van der Waals surface area contributed by atoms with Crippen LogP contribution >= 0.6 is 11.8 Å². The molecular formula is C19H14F3N3O2S. The Balaban J connectivity index is 1.55. The molecule has 3 aromatic rings. The maximum absolute atomic E-state index is 13.2. The van der Waals surface area contributed by atoms with Gasteiger partial charge in [-0.1, -0.05) is 30.0 Å². The van der Waals surface area contributed by atoms with Gasteiger partial charge in [-0.25, -0.2) is 9.97 Å². The van der Waals surface area contributed by atoms with E-state index in [2.05, 4.69) is 9.97 Å². The Bertz CT molecular complexity index is 1010. The highest BCUT2D eigenvalue weighted by molar-refractivity contribution is 7.99. The Morgan fingerprint density at radius 3 is 2.75 bits per heavy atom. The van der Waals surface area contributed by atoms with Crippen LogP contribution in [0.2, 0.25) is 0 Å². The zero-order chi connectivity index (χ0) is 19.7. The first kappa shape index (κ1) is 18.5. The van der Waals surface area contributed by atoms with Gasteiger partial charge in [0.2, 0.25) is 5.91 Å². The fraction of sp³-hybridized carbons (Fsp3) is 0.211. The quantitative estimate of drug-likeness (QED) is 0.475. The number of aromatic nitrogens is 2. The average Bonchev–Trinajstić information content (AvgIpc) is 3.35. The number of alkyl halides is 3. The molecule has 4 rings (SSSR count). The Morgan fingerprint density at radius 2 is 2.00 bits per heavy atom. The van der Waals surface area contributed by atoms with Gasteiger partial charge in [-0.05, 0) is 36.2 Å². The molecular weight excluding hydrogens is 391 g/mol. The summed E-state index contributed by atoms with van der Waals surface area (Å²) in [6, 6.07) is 11.5. The summed E-state index contributed by atoms with van der Waals surface area (Å²) in [5.74, 6) is -0.0576. The summed E-state index contributed by atoms with van der Waals surface area (Å²) in [7, 11) is 0. The molecule has 0 radical (unpaired) electrons. The van der Waals surface area contributed by atoms with E-state index < -0.39 is 11.9 Å². The van der Waals surface area contributed by atoms with Gasteiger partial charge in [-0.15, -0.1) is 0 Å². The van der Waals surface area contributed by atoms with Crippen molar-refractivity contribution >= 4 is 23.4 Å². The second-order valence-corrected chi connectivity index (χ2v) is 7.05. The van der Waals surface area contributed by atoms with Crippen molar-refractivity contribution in [3.63, 3.8) is 0 Å². The molecule has 1 aliphatic rings. The maximum atomic E-state index is 13.2. The second kappa shape index (κ2) is 7.31. The van der Waals surface area contributed by atoms with Gasteiger partial charge in [-0.3, -0.25) is 4.79 Å². The van der Waals surface area contributed by atoms with Crippen LogP contribution in [-0.2, 0) is 17.4 Å². The van der Waals surface area contributed by atoms with Crippen molar-refractivity contribution in [2.45, 2.75) is 17.8 Å². The van der Waals surface area contributed by atoms with Gasteiger partial charge >= 0.3 is 6.18 Å². The number of hydrogen-bond donors (Lipinski definition) is 0. The zero-order valence-electron chi connectivity index (χ0n) is 14.4. The van der Waals surface area contributed by atoms with E-state index in [0.717, 1.165) is 35.5 Å². The highest BCUT2D eigenvalue weighted by atomic mass is 32.2. The lowest BCUT2D eigenvalue weighted by molar-refractivity contribution is -0.141. The highest BCUT2D eigenvalue weighted by Crippen LogP contribution is 2.33. The van der Waals surface area contributed by atoms with Crippen LogP contribution in [0.5, 0.6) is 0 Å². The molecule has 1 amide bonds. The number of hydrogen-bond acceptors (Lipinski definition) is 5. The topological polar surface area (TPSA) is 59.2 Å². The van der Waals surface area contributed by atoms with Crippen LogP contribution in [0, 0.1) is 0 Å². The van der Waals surface area contributed by atoms with E-state index >= 15 is 0 Å². The van der Waals surface area contributed by atoms with E-state index in [0.29, 0.717) is 6.54 Å². The minimum atomic E-state index is -4.63. The molecule has 0 atom stereocenters. The normalized spacial score (nSPS) is 13.6. The summed E-state index contributed by atoms with van der Waals surface area (Å²) in [5.41, 5.74) is 0.870. The van der Waals surface area contributed by atoms with Crippen molar-refractivity contribution in [2.24, 2.45) is 0 Å². The van der Waals surface area contributed by atoms with Gasteiger partial charge in [0.05, 0.1) is 12.0 Å². The van der Waals surface area contributed by atoms with Crippen LogP contribution in [0.1, 0.15) is 11.3 Å². The number of para-hydroxylation sites is 1. The molecule has 3 heterocycles. The second-order valence-electron chi connectivity index (χ2n) is 6.11. The molecule has 0 aliphatic carbocycles. The first-order valence-electron chi connectivity index (χ1n) is 8.43. The van der Waals surface area contributed by atoms with Gasteiger partial charge in [0.15, 0.2) is 10.9 Å². The molecule has 1 aliphatic heterocycles. The van der Waals surface area contributed by atoms with E-state index in [1.165, 1.54) is 12.3 Å². The molecule has 144 valence electrons. The number of carbonyl (C=O) groups is 1. The third kappa shape index (κ3) is 3.75. The number of anilines is 1. The largest absolute Gasteiger partial charge is 0.463 e. The van der Waals surface area contributed by atoms with Crippen molar-refractivity contribution in [2.75, 3.05) is 17.2 Å². The van der Waals surface area contributed by atoms with Gasteiger partial charge in [0.1, 0.15) is 11.4 Å². The molecule has 28 heavy (non-hydrogen) atoms. The summed E-state index contributed by atoms with van der Waals surface area (Å²) in [5, 5.41) is -0.123. The number of halogens is 3. The summed E-state index contributed by atoms with van der Waals surface area (Å²) in [4.78, 5) is 21.9. The van der Waals surface area contributed by atoms with E-state index in [1.54, 1.807) is 11.0 Å². The third-order valence-corrected chi connectivity index (χ3v) is 5.11. The number of fused-ring (bicyclic) bond motifs is 1. The fourth-order valence-electron chi connectivity index (χ4n) is 2.99.